The van der Waals surface area contributed by atoms with Crippen molar-refractivity contribution in [2.45, 2.75) is 18.7 Å². The number of nitro groups is 1. The van der Waals surface area contributed by atoms with E-state index in [0.29, 0.717) is 5.56 Å². The Morgan fingerprint density at radius 2 is 2.04 bits per heavy atom. The number of nitrogens with zero attached hydrogens (tertiary/aromatic N) is 2. The molecule has 1 saturated heterocycles. The lowest BCUT2D eigenvalue weighted by Gasteiger charge is -2.17. The normalized spacial score (nSPS) is 22.2. The standard InChI is InChI=1S/C13H15ClN2O6S/c1-7-3-10(16(19)20)12(14)11(4-7)23(21,22)15-5-8(2)9(6-15)13(17)18/h3-4,8-9H,5-6H2,1-2H3,(H,17,18)/t8-,9-/m1/s1. The van der Waals surface area contributed by atoms with Crippen molar-refractivity contribution in [2.24, 2.45) is 11.8 Å². The van der Waals surface area contributed by atoms with Crippen molar-refractivity contribution in [3.63, 3.8) is 0 Å². The van der Waals surface area contributed by atoms with E-state index in [2.05, 4.69) is 0 Å². The fourth-order valence-corrected chi connectivity index (χ4v) is 4.82. The third-order valence-corrected chi connectivity index (χ3v) is 6.24. The highest BCUT2D eigenvalue weighted by Crippen LogP contribution is 2.36. The van der Waals surface area contributed by atoms with Crippen molar-refractivity contribution in [3.05, 3.63) is 32.8 Å². The fraction of sp³-hybridized carbons (Fsp3) is 0.462. The summed E-state index contributed by atoms with van der Waals surface area (Å²) < 4.78 is 26.5. The van der Waals surface area contributed by atoms with Gasteiger partial charge in [-0.1, -0.05) is 18.5 Å². The molecule has 23 heavy (non-hydrogen) atoms. The maximum absolute atomic E-state index is 12.7. The average Bonchev–Trinajstić information content (AvgIpc) is 2.83. The first-order chi connectivity index (χ1) is 10.6. The quantitative estimate of drug-likeness (QED) is 0.645. The molecule has 0 spiro atoms. The predicted octanol–water partition coefficient (Wildman–Crippen LogP) is 1.90. The number of carboxylic acids is 1. The molecule has 0 radical (unpaired) electrons. The lowest BCUT2D eigenvalue weighted by Crippen LogP contribution is -2.30. The van der Waals surface area contributed by atoms with Gasteiger partial charge < -0.3 is 5.11 Å². The first-order valence-electron chi connectivity index (χ1n) is 6.73. The Bertz CT molecular complexity index is 779. The molecular weight excluding hydrogens is 348 g/mol. The summed E-state index contributed by atoms with van der Waals surface area (Å²) in [5.74, 6) is -2.25. The van der Waals surface area contributed by atoms with E-state index >= 15 is 0 Å². The Labute approximate surface area is 137 Å². The molecule has 1 N–H and O–H groups in total. The number of carboxylic acid groups (broad SMARTS) is 1. The van der Waals surface area contributed by atoms with E-state index in [4.69, 9.17) is 16.7 Å². The molecule has 2 atom stereocenters. The zero-order valence-electron chi connectivity index (χ0n) is 12.4. The maximum atomic E-state index is 12.7. The lowest BCUT2D eigenvalue weighted by molar-refractivity contribution is -0.385. The number of hydrogen-bond acceptors (Lipinski definition) is 5. The minimum atomic E-state index is -4.11. The van der Waals surface area contributed by atoms with Gasteiger partial charge in [0.2, 0.25) is 10.0 Å². The molecule has 1 aromatic rings. The van der Waals surface area contributed by atoms with Crippen LogP contribution in [0.5, 0.6) is 0 Å². The molecule has 0 aliphatic carbocycles. The highest BCUT2D eigenvalue weighted by Gasteiger charge is 2.42. The van der Waals surface area contributed by atoms with Crippen LogP contribution >= 0.6 is 11.6 Å². The van der Waals surface area contributed by atoms with Crippen molar-refractivity contribution >= 4 is 33.3 Å². The summed E-state index contributed by atoms with van der Waals surface area (Å²) in [5.41, 5.74) is -0.117. The van der Waals surface area contributed by atoms with Gasteiger partial charge in [0.1, 0.15) is 9.92 Å². The van der Waals surface area contributed by atoms with E-state index < -0.39 is 37.5 Å². The number of aryl methyl sites for hydroxylation is 1. The van der Waals surface area contributed by atoms with Crippen molar-refractivity contribution in [2.75, 3.05) is 13.1 Å². The van der Waals surface area contributed by atoms with Crippen LogP contribution in [0.15, 0.2) is 17.0 Å². The summed E-state index contributed by atoms with van der Waals surface area (Å²) in [4.78, 5) is 21.0. The number of nitro benzene ring substituents is 1. The van der Waals surface area contributed by atoms with Gasteiger partial charge in [-0.05, 0) is 24.5 Å². The number of hydrogen-bond donors (Lipinski definition) is 1. The second kappa shape index (κ2) is 6.06. The van der Waals surface area contributed by atoms with Gasteiger partial charge in [0.15, 0.2) is 0 Å². The molecule has 1 aromatic carbocycles. The summed E-state index contributed by atoms with van der Waals surface area (Å²) in [7, 11) is -4.11. The Kier molecular flexibility index (Phi) is 4.65. The topological polar surface area (TPSA) is 118 Å². The van der Waals surface area contributed by atoms with Crippen molar-refractivity contribution in [1.82, 2.24) is 4.31 Å². The summed E-state index contributed by atoms with van der Waals surface area (Å²) in [5, 5.41) is 19.7. The highest BCUT2D eigenvalue weighted by atomic mass is 35.5. The molecule has 10 heteroatoms. The molecule has 126 valence electrons. The van der Waals surface area contributed by atoms with Crippen LogP contribution in [-0.4, -0.2) is 41.8 Å². The molecule has 1 fully saturated rings. The molecule has 0 saturated carbocycles. The third-order valence-electron chi connectivity index (χ3n) is 3.87. The minimum absolute atomic E-state index is 0.0252. The van der Waals surface area contributed by atoms with Gasteiger partial charge in [0.25, 0.3) is 5.69 Å². The molecule has 1 aliphatic heterocycles. The van der Waals surface area contributed by atoms with Crippen LogP contribution in [0.3, 0.4) is 0 Å². The van der Waals surface area contributed by atoms with Gasteiger partial charge >= 0.3 is 5.97 Å². The summed E-state index contributed by atoms with van der Waals surface area (Å²) in [6.07, 6.45) is 0. The first kappa shape index (κ1) is 17.6. The molecule has 8 nitrogen and oxygen atoms in total. The van der Waals surface area contributed by atoms with Gasteiger partial charge in [-0.15, -0.1) is 0 Å². The number of rotatable bonds is 4. The second-order valence-electron chi connectivity index (χ2n) is 5.60. The largest absolute Gasteiger partial charge is 0.481 e. The molecule has 2 rings (SSSR count). The van der Waals surface area contributed by atoms with Crippen LogP contribution in [-0.2, 0) is 14.8 Å². The SMILES string of the molecule is Cc1cc([N+](=O)[O-])c(Cl)c(S(=O)(=O)N2C[C@@H](C)[C@H](C(=O)O)C2)c1. The number of sulfonamides is 1. The van der Waals surface area contributed by atoms with E-state index in [-0.39, 0.29) is 23.9 Å². The van der Waals surface area contributed by atoms with Crippen LogP contribution in [0.25, 0.3) is 0 Å². The average molecular weight is 363 g/mol. The number of aliphatic carboxylic acids is 1. The number of benzene rings is 1. The van der Waals surface area contributed by atoms with Crippen LogP contribution in [0.4, 0.5) is 5.69 Å². The van der Waals surface area contributed by atoms with Crippen LogP contribution < -0.4 is 0 Å². The van der Waals surface area contributed by atoms with Gasteiger partial charge in [-0.25, -0.2) is 8.42 Å². The molecule has 1 aliphatic rings. The Morgan fingerprint density at radius 1 is 1.43 bits per heavy atom. The Hall–Kier alpha value is -1.71. The summed E-state index contributed by atoms with van der Waals surface area (Å²) in [6.45, 7) is 3.01. The molecule has 0 amide bonds. The predicted molar refractivity (Wildman–Crippen MR) is 81.9 cm³/mol. The van der Waals surface area contributed by atoms with Crippen LogP contribution in [0.1, 0.15) is 12.5 Å². The van der Waals surface area contributed by atoms with Crippen molar-refractivity contribution in [3.8, 4) is 0 Å². The number of carbonyl (C=O) groups is 1. The van der Waals surface area contributed by atoms with E-state index in [1.807, 2.05) is 0 Å². The lowest BCUT2D eigenvalue weighted by atomic mass is 9.99. The Morgan fingerprint density at radius 3 is 2.52 bits per heavy atom. The van der Waals surface area contributed by atoms with Crippen molar-refractivity contribution in [1.29, 1.82) is 0 Å². The van der Waals surface area contributed by atoms with E-state index in [9.17, 15) is 23.3 Å². The molecule has 0 unspecified atom stereocenters. The summed E-state index contributed by atoms with van der Waals surface area (Å²) >= 11 is 5.91. The minimum Gasteiger partial charge on any atom is -0.481 e. The second-order valence-corrected chi connectivity index (χ2v) is 7.88. The third kappa shape index (κ3) is 3.17. The molecular formula is C13H15ClN2O6S. The van der Waals surface area contributed by atoms with Gasteiger partial charge in [0.05, 0.1) is 10.8 Å². The molecule has 0 bridgehead atoms. The van der Waals surface area contributed by atoms with Crippen LogP contribution in [0.2, 0.25) is 5.02 Å². The van der Waals surface area contributed by atoms with E-state index in [1.165, 1.54) is 19.1 Å². The zero-order chi connectivity index (χ0) is 17.5. The Balaban J connectivity index is 2.50. The highest BCUT2D eigenvalue weighted by molar-refractivity contribution is 7.89. The van der Waals surface area contributed by atoms with Crippen molar-refractivity contribution < 1.29 is 23.2 Å². The monoisotopic (exact) mass is 362 g/mol. The fourth-order valence-electron chi connectivity index (χ4n) is 2.62. The van der Waals surface area contributed by atoms with Gasteiger partial charge in [0, 0.05) is 19.2 Å². The maximum Gasteiger partial charge on any atom is 0.308 e. The number of halogens is 1. The van der Waals surface area contributed by atoms with Gasteiger partial charge in [-0.2, -0.15) is 4.31 Å². The smallest absolute Gasteiger partial charge is 0.308 e. The van der Waals surface area contributed by atoms with Crippen LogP contribution in [0, 0.1) is 28.9 Å². The van der Waals surface area contributed by atoms with E-state index in [0.717, 1.165) is 4.31 Å². The van der Waals surface area contributed by atoms with E-state index in [1.54, 1.807) is 6.92 Å². The van der Waals surface area contributed by atoms with Gasteiger partial charge in [-0.3, -0.25) is 14.9 Å². The summed E-state index contributed by atoms with van der Waals surface area (Å²) in [6, 6.07) is 2.44. The zero-order valence-corrected chi connectivity index (χ0v) is 14.0. The molecule has 0 aromatic heterocycles. The first-order valence-corrected chi connectivity index (χ1v) is 8.55. The molecule has 1 heterocycles.